The fraction of sp³-hybridized carbons (Fsp3) is 0.250. The fourth-order valence-corrected chi connectivity index (χ4v) is 2.25. The van der Waals surface area contributed by atoms with Crippen LogP contribution in [-0.2, 0) is 6.42 Å². The molecule has 1 N–H and O–H groups in total. The highest BCUT2D eigenvalue weighted by molar-refractivity contribution is 6.00. The molecule has 1 aliphatic carbocycles. The van der Waals surface area contributed by atoms with Gasteiger partial charge in [0.05, 0.1) is 6.10 Å². The molecule has 0 spiro atoms. The highest BCUT2D eigenvalue weighted by atomic mass is 16.3. The zero-order chi connectivity index (χ0) is 10.4. The van der Waals surface area contributed by atoms with Crippen LogP contribution >= 0.6 is 0 Å². The van der Waals surface area contributed by atoms with Crippen molar-refractivity contribution in [3.63, 3.8) is 0 Å². The van der Waals surface area contributed by atoms with E-state index in [1.165, 1.54) is 0 Å². The summed E-state index contributed by atoms with van der Waals surface area (Å²) in [7, 11) is 0. The summed E-state index contributed by atoms with van der Waals surface area (Å²) in [5.74, 6) is 0.0486. The number of pyridine rings is 1. The van der Waals surface area contributed by atoms with Crippen LogP contribution in [-0.4, -0.2) is 21.4 Å². The number of aromatic nitrogens is 1. The number of carbonyl (C=O) groups is 1. The number of hydrogen-bond acceptors (Lipinski definition) is 2. The Balaban J connectivity index is 2.32. The Morgan fingerprint density at radius 2 is 2.20 bits per heavy atom. The lowest BCUT2D eigenvalue weighted by Gasteiger charge is -2.16. The first-order valence-corrected chi connectivity index (χ1v) is 5.06. The molecule has 0 aliphatic heterocycles. The smallest absolute Gasteiger partial charge is 0.167 e. The first-order valence-electron chi connectivity index (χ1n) is 5.06. The molecule has 0 amide bonds. The maximum Gasteiger partial charge on any atom is 0.167 e. The van der Waals surface area contributed by atoms with Gasteiger partial charge in [0.2, 0.25) is 0 Å². The third-order valence-corrected chi connectivity index (χ3v) is 2.94. The van der Waals surface area contributed by atoms with Crippen molar-refractivity contribution in [3.05, 3.63) is 41.7 Å². The number of rotatable bonds is 0. The van der Waals surface area contributed by atoms with Crippen molar-refractivity contribution in [3.8, 4) is 0 Å². The molecular weight excluding hydrogens is 190 g/mol. The first kappa shape index (κ1) is 8.68. The summed E-state index contributed by atoms with van der Waals surface area (Å²) in [5, 5.41) is 9.57. The molecule has 76 valence electrons. The minimum absolute atomic E-state index is 0.0486. The molecule has 0 saturated heterocycles. The van der Waals surface area contributed by atoms with Crippen LogP contribution in [0, 0.1) is 0 Å². The van der Waals surface area contributed by atoms with Crippen LogP contribution in [0.1, 0.15) is 22.5 Å². The quantitative estimate of drug-likeness (QED) is 0.700. The molecule has 1 unspecified atom stereocenters. The molecule has 0 saturated carbocycles. The predicted molar refractivity (Wildman–Crippen MR) is 56.1 cm³/mol. The summed E-state index contributed by atoms with van der Waals surface area (Å²) < 4.78 is 1.98. The number of fused-ring (bicyclic) bond motifs is 3. The summed E-state index contributed by atoms with van der Waals surface area (Å²) >= 11 is 0. The van der Waals surface area contributed by atoms with Gasteiger partial charge in [-0.25, -0.2) is 0 Å². The number of carbonyl (C=O) groups excluding carboxylic acids is 1. The van der Waals surface area contributed by atoms with Crippen LogP contribution in [0.4, 0.5) is 0 Å². The van der Waals surface area contributed by atoms with Crippen LogP contribution in [0.2, 0.25) is 0 Å². The van der Waals surface area contributed by atoms with Crippen molar-refractivity contribution in [2.24, 2.45) is 0 Å². The number of ketones is 1. The third kappa shape index (κ3) is 1.20. The lowest BCUT2D eigenvalue weighted by atomic mass is 9.94. The lowest BCUT2D eigenvalue weighted by molar-refractivity contribution is 0.0851. The van der Waals surface area contributed by atoms with Crippen molar-refractivity contribution in [2.45, 2.75) is 18.9 Å². The van der Waals surface area contributed by atoms with Gasteiger partial charge in [0.25, 0.3) is 0 Å². The van der Waals surface area contributed by atoms with E-state index in [-0.39, 0.29) is 12.2 Å². The number of aliphatic hydroxyl groups excluding tert-OH is 1. The van der Waals surface area contributed by atoms with E-state index in [4.69, 9.17) is 0 Å². The van der Waals surface area contributed by atoms with Crippen molar-refractivity contribution < 1.29 is 9.90 Å². The SMILES string of the molecule is O=C1CC(O)Cc2c1cc1ccccn21. The molecule has 2 heterocycles. The monoisotopic (exact) mass is 201 g/mol. The van der Waals surface area contributed by atoms with Gasteiger partial charge < -0.3 is 9.51 Å². The Morgan fingerprint density at radius 3 is 3.07 bits per heavy atom. The second kappa shape index (κ2) is 2.94. The Morgan fingerprint density at radius 1 is 1.33 bits per heavy atom. The van der Waals surface area contributed by atoms with E-state index in [1.54, 1.807) is 0 Å². The Bertz CT molecular complexity index is 542. The highest BCUT2D eigenvalue weighted by Crippen LogP contribution is 2.25. The van der Waals surface area contributed by atoms with Crippen molar-refractivity contribution in [1.82, 2.24) is 4.40 Å². The topological polar surface area (TPSA) is 41.7 Å². The second-order valence-corrected chi connectivity index (χ2v) is 3.99. The predicted octanol–water partition coefficient (Wildman–Crippen LogP) is 1.43. The van der Waals surface area contributed by atoms with Crippen molar-refractivity contribution in [2.75, 3.05) is 0 Å². The normalized spacial score (nSPS) is 20.6. The summed E-state index contributed by atoms with van der Waals surface area (Å²) in [6.07, 6.45) is 2.23. The van der Waals surface area contributed by atoms with Crippen LogP contribution in [0.5, 0.6) is 0 Å². The van der Waals surface area contributed by atoms with Gasteiger partial charge in [-0.1, -0.05) is 6.07 Å². The minimum Gasteiger partial charge on any atom is -0.392 e. The van der Waals surface area contributed by atoms with Crippen LogP contribution in [0.25, 0.3) is 5.52 Å². The highest BCUT2D eigenvalue weighted by Gasteiger charge is 2.26. The van der Waals surface area contributed by atoms with E-state index in [2.05, 4.69) is 0 Å². The molecule has 0 bridgehead atoms. The van der Waals surface area contributed by atoms with Gasteiger partial charge in [-0.2, -0.15) is 0 Å². The van der Waals surface area contributed by atoms with Gasteiger partial charge in [0, 0.05) is 35.8 Å². The van der Waals surface area contributed by atoms with E-state index < -0.39 is 6.10 Å². The Labute approximate surface area is 87.0 Å². The van der Waals surface area contributed by atoms with E-state index in [0.29, 0.717) is 6.42 Å². The molecule has 1 atom stereocenters. The van der Waals surface area contributed by atoms with Gasteiger partial charge >= 0.3 is 0 Å². The van der Waals surface area contributed by atoms with Crippen molar-refractivity contribution in [1.29, 1.82) is 0 Å². The zero-order valence-electron chi connectivity index (χ0n) is 8.18. The van der Waals surface area contributed by atoms with Gasteiger partial charge in [0.15, 0.2) is 5.78 Å². The number of hydrogen-bond donors (Lipinski definition) is 1. The average Bonchev–Trinajstić information content (AvgIpc) is 2.57. The van der Waals surface area contributed by atoms with Gasteiger partial charge in [-0.3, -0.25) is 4.79 Å². The fourth-order valence-electron chi connectivity index (χ4n) is 2.25. The first-order chi connectivity index (χ1) is 7.25. The molecule has 0 aromatic carbocycles. The lowest BCUT2D eigenvalue weighted by Crippen LogP contribution is -2.24. The molecule has 0 fully saturated rings. The maximum atomic E-state index is 11.7. The standard InChI is InChI=1S/C12H11NO2/c14-9-6-11-10(12(15)7-9)5-8-3-1-2-4-13(8)11/h1-5,9,14H,6-7H2. The summed E-state index contributed by atoms with van der Waals surface area (Å²) in [5.41, 5.74) is 2.73. The zero-order valence-corrected chi connectivity index (χ0v) is 8.18. The van der Waals surface area contributed by atoms with Gasteiger partial charge in [0.1, 0.15) is 0 Å². The third-order valence-electron chi connectivity index (χ3n) is 2.94. The van der Waals surface area contributed by atoms with E-state index in [0.717, 1.165) is 16.8 Å². The minimum atomic E-state index is -0.525. The van der Waals surface area contributed by atoms with E-state index in [9.17, 15) is 9.90 Å². The van der Waals surface area contributed by atoms with E-state index in [1.807, 2.05) is 34.9 Å². The Kier molecular flexibility index (Phi) is 1.70. The molecule has 3 heteroatoms. The largest absolute Gasteiger partial charge is 0.392 e. The molecule has 2 aromatic rings. The number of Topliss-reactive ketones (excluding diaryl/α,β-unsaturated/α-hetero) is 1. The van der Waals surface area contributed by atoms with Crippen LogP contribution < -0.4 is 0 Å². The van der Waals surface area contributed by atoms with Crippen LogP contribution in [0.15, 0.2) is 30.5 Å². The van der Waals surface area contributed by atoms with Crippen molar-refractivity contribution >= 4 is 11.3 Å². The molecule has 15 heavy (non-hydrogen) atoms. The maximum absolute atomic E-state index is 11.7. The summed E-state index contributed by atoms with van der Waals surface area (Å²) in [6.45, 7) is 0. The van der Waals surface area contributed by atoms with Gasteiger partial charge in [-0.15, -0.1) is 0 Å². The molecule has 3 nitrogen and oxygen atoms in total. The Hall–Kier alpha value is -1.61. The summed E-state index contributed by atoms with van der Waals surface area (Å²) in [4.78, 5) is 11.7. The molecular formula is C12H11NO2. The average molecular weight is 201 g/mol. The molecule has 3 rings (SSSR count). The van der Waals surface area contributed by atoms with Gasteiger partial charge in [-0.05, 0) is 18.2 Å². The second-order valence-electron chi connectivity index (χ2n) is 3.99. The van der Waals surface area contributed by atoms with Crippen LogP contribution in [0.3, 0.4) is 0 Å². The molecule has 1 aliphatic rings. The number of aliphatic hydroxyl groups is 1. The molecule has 2 aromatic heterocycles. The number of nitrogens with zero attached hydrogens (tertiary/aromatic N) is 1. The van der Waals surface area contributed by atoms with E-state index >= 15 is 0 Å². The summed E-state index contributed by atoms with van der Waals surface area (Å²) in [6, 6.07) is 7.75. The molecule has 0 radical (unpaired) electrons.